The molecule has 0 aliphatic rings. The molecule has 0 spiro atoms. The molecule has 0 bridgehead atoms. The van der Waals surface area contributed by atoms with Gasteiger partial charge >= 0.3 is 0 Å². The van der Waals surface area contributed by atoms with Crippen molar-refractivity contribution in [3.8, 4) is 5.75 Å². The normalized spacial score (nSPS) is 11.1. The number of hydrogen-bond acceptors (Lipinski definition) is 5. The van der Waals surface area contributed by atoms with Crippen molar-refractivity contribution in [3.05, 3.63) is 41.5 Å². The molecule has 0 amide bonds. The lowest BCUT2D eigenvalue weighted by molar-refractivity contribution is 0.472. The lowest BCUT2D eigenvalue weighted by Crippen LogP contribution is -1.89. The molecule has 2 rings (SSSR count). The first kappa shape index (κ1) is 12.9. The average Bonchev–Trinajstić information content (AvgIpc) is 2.37. The summed E-state index contributed by atoms with van der Waals surface area (Å²) in [6.07, 6.45) is 0. The Bertz CT molecular complexity index is 650. The lowest BCUT2D eigenvalue weighted by atomic mass is 10.1. The summed E-state index contributed by atoms with van der Waals surface area (Å²) in [7, 11) is 0. The number of aromatic hydroxyl groups is 1. The molecule has 0 heterocycles. The van der Waals surface area contributed by atoms with E-state index < -0.39 is 0 Å². The minimum absolute atomic E-state index is 0.0365. The molecule has 2 aromatic carbocycles. The van der Waals surface area contributed by atoms with Gasteiger partial charge in [-0.1, -0.05) is 6.07 Å². The number of anilines is 2. The van der Waals surface area contributed by atoms with Crippen LogP contribution in [0.1, 0.15) is 11.1 Å². The van der Waals surface area contributed by atoms with Crippen LogP contribution in [0.15, 0.2) is 40.6 Å². The van der Waals surface area contributed by atoms with Gasteiger partial charge in [-0.15, -0.1) is 10.2 Å². The molecule has 0 atom stereocenters. The van der Waals surface area contributed by atoms with Gasteiger partial charge in [0.2, 0.25) is 0 Å². The highest BCUT2D eigenvalue weighted by Crippen LogP contribution is 2.35. The molecule has 5 N–H and O–H groups in total. The summed E-state index contributed by atoms with van der Waals surface area (Å²) in [4.78, 5) is 0. The minimum atomic E-state index is 0.0365. The van der Waals surface area contributed by atoms with Crippen molar-refractivity contribution in [3.63, 3.8) is 0 Å². The van der Waals surface area contributed by atoms with Gasteiger partial charge in [0, 0.05) is 11.3 Å². The summed E-state index contributed by atoms with van der Waals surface area (Å²) < 4.78 is 0. The zero-order chi connectivity index (χ0) is 14.0. The van der Waals surface area contributed by atoms with E-state index in [1.54, 1.807) is 25.1 Å². The molecule has 98 valence electrons. The van der Waals surface area contributed by atoms with Crippen LogP contribution in [-0.4, -0.2) is 5.11 Å². The van der Waals surface area contributed by atoms with Crippen LogP contribution in [0.2, 0.25) is 0 Å². The van der Waals surface area contributed by atoms with Crippen LogP contribution in [0.25, 0.3) is 0 Å². The van der Waals surface area contributed by atoms with E-state index in [0.717, 1.165) is 5.56 Å². The van der Waals surface area contributed by atoms with Crippen LogP contribution < -0.4 is 11.5 Å². The van der Waals surface area contributed by atoms with E-state index >= 15 is 0 Å². The van der Waals surface area contributed by atoms with Crippen molar-refractivity contribution < 1.29 is 5.11 Å². The van der Waals surface area contributed by atoms with Crippen molar-refractivity contribution in [2.45, 2.75) is 13.8 Å². The molecule has 2 aromatic rings. The predicted molar refractivity (Wildman–Crippen MR) is 77.0 cm³/mol. The molecule has 5 heteroatoms. The number of rotatable bonds is 2. The van der Waals surface area contributed by atoms with Gasteiger partial charge in [0.1, 0.15) is 17.1 Å². The Morgan fingerprint density at radius 3 is 2.21 bits per heavy atom. The second-order valence-electron chi connectivity index (χ2n) is 4.41. The van der Waals surface area contributed by atoms with Crippen molar-refractivity contribution in [2.75, 3.05) is 11.5 Å². The maximum atomic E-state index is 9.90. The summed E-state index contributed by atoms with van der Waals surface area (Å²) in [5, 5.41) is 18.0. The van der Waals surface area contributed by atoms with Gasteiger partial charge in [-0.25, -0.2) is 0 Å². The van der Waals surface area contributed by atoms with Crippen molar-refractivity contribution >= 4 is 22.7 Å². The Hall–Kier alpha value is -2.56. The molecule has 0 radical (unpaired) electrons. The van der Waals surface area contributed by atoms with Gasteiger partial charge in [0.15, 0.2) is 0 Å². The van der Waals surface area contributed by atoms with E-state index in [1.807, 2.05) is 19.1 Å². The topological polar surface area (TPSA) is 97.0 Å². The summed E-state index contributed by atoms with van der Waals surface area (Å²) in [5.41, 5.74) is 15.2. The van der Waals surface area contributed by atoms with Crippen molar-refractivity contribution in [1.82, 2.24) is 0 Å². The second kappa shape index (κ2) is 4.97. The average molecular weight is 256 g/mol. The molecule has 19 heavy (non-hydrogen) atoms. The van der Waals surface area contributed by atoms with Crippen LogP contribution in [0, 0.1) is 13.8 Å². The number of nitrogen functional groups attached to an aromatic ring is 2. The quantitative estimate of drug-likeness (QED) is 0.565. The smallest absolute Gasteiger partial charge is 0.148 e. The highest BCUT2D eigenvalue weighted by atomic mass is 16.3. The fraction of sp³-hybridized carbons (Fsp3) is 0.143. The van der Waals surface area contributed by atoms with Crippen LogP contribution in [0.3, 0.4) is 0 Å². The standard InChI is InChI=1S/C14H16N4O/c1-8-3-5-12(11(16)7-8)17-18-13-6-4-10(15)9(2)14(13)19/h3-7,19H,15-16H2,1-2H3. The monoisotopic (exact) mass is 256 g/mol. The highest BCUT2D eigenvalue weighted by molar-refractivity contribution is 5.66. The third-order valence-corrected chi connectivity index (χ3v) is 2.90. The number of aryl methyl sites for hydroxylation is 1. The molecule has 5 nitrogen and oxygen atoms in total. The Balaban J connectivity index is 2.35. The number of hydrogen-bond donors (Lipinski definition) is 3. The maximum Gasteiger partial charge on any atom is 0.148 e. The Morgan fingerprint density at radius 2 is 1.53 bits per heavy atom. The first-order valence-corrected chi connectivity index (χ1v) is 5.85. The van der Waals surface area contributed by atoms with Crippen LogP contribution >= 0.6 is 0 Å². The maximum absolute atomic E-state index is 9.90. The first-order chi connectivity index (χ1) is 8.99. The number of nitrogens with two attached hydrogens (primary N) is 2. The van der Waals surface area contributed by atoms with E-state index in [-0.39, 0.29) is 5.75 Å². The summed E-state index contributed by atoms with van der Waals surface area (Å²) in [5.74, 6) is 0.0365. The first-order valence-electron chi connectivity index (χ1n) is 5.85. The van der Waals surface area contributed by atoms with E-state index in [4.69, 9.17) is 11.5 Å². The SMILES string of the molecule is Cc1ccc(N=Nc2ccc(N)c(C)c2O)c(N)c1. The fourth-order valence-electron chi connectivity index (χ4n) is 1.65. The number of phenols is 1. The Kier molecular flexibility index (Phi) is 3.37. The zero-order valence-electron chi connectivity index (χ0n) is 10.9. The molecule has 0 aliphatic heterocycles. The molecular formula is C14H16N4O. The van der Waals surface area contributed by atoms with Crippen molar-refractivity contribution in [2.24, 2.45) is 10.2 Å². The molecule has 0 unspecified atom stereocenters. The molecule has 0 aliphatic carbocycles. The van der Waals surface area contributed by atoms with Gasteiger partial charge in [0.05, 0.1) is 5.69 Å². The van der Waals surface area contributed by atoms with Gasteiger partial charge < -0.3 is 16.6 Å². The molecule has 0 fully saturated rings. The third-order valence-electron chi connectivity index (χ3n) is 2.90. The van der Waals surface area contributed by atoms with Crippen LogP contribution in [0.4, 0.5) is 22.7 Å². The fourth-order valence-corrected chi connectivity index (χ4v) is 1.65. The molecule has 0 saturated heterocycles. The van der Waals surface area contributed by atoms with E-state index in [1.165, 1.54) is 0 Å². The second-order valence-corrected chi connectivity index (χ2v) is 4.41. The van der Waals surface area contributed by atoms with Gasteiger partial charge in [-0.2, -0.15) is 0 Å². The van der Waals surface area contributed by atoms with E-state index in [0.29, 0.717) is 28.3 Å². The van der Waals surface area contributed by atoms with E-state index in [2.05, 4.69) is 10.2 Å². The zero-order valence-corrected chi connectivity index (χ0v) is 10.9. The van der Waals surface area contributed by atoms with Crippen LogP contribution in [-0.2, 0) is 0 Å². The van der Waals surface area contributed by atoms with Crippen LogP contribution in [0.5, 0.6) is 5.75 Å². The van der Waals surface area contributed by atoms with Gasteiger partial charge in [-0.3, -0.25) is 0 Å². The van der Waals surface area contributed by atoms with E-state index in [9.17, 15) is 5.11 Å². The Morgan fingerprint density at radius 1 is 0.895 bits per heavy atom. The largest absolute Gasteiger partial charge is 0.505 e. The molecular weight excluding hydrogens is 240 g/mol. The predicted octanol–water partition coefficient (Wildman–Crippen LogP) is 3.59. The highest BCUT2D eigenvalue weighted by Gasteiger charge is 2.06. The summed E-state index contributed by atoms with van der Waals surface area (Å²) >= 11 is 0. The Labute approximate surface area is 111 Å². The number of nitrogens with zero attached hydrogens (tertiary/aromatic N) is 2. The van der Waals surface area contributed by atoms with Gasteiger partial charge in [-0.05, 0) is 43.7 Å². The minimum Gasteiger partial charge on any atom is -0.505 e. The molecule has 0 saturated carbocycles. The lowest BCUT2D eigenvalue weighted by Gasteiger charge is -2.05. The molecule has 0 aromatic heterocycles. The van der Waals surface area contributed by atoms with Crippen molar-refractivity contribution in [1.29, 1.82) is 0 Å². The number of benzene rings is 2. The number of azo groups is 1. The third kappa shape index (κ3) is 2.65. The summed E-state index contributed by atoms with van der Waals surface area (Å²) in [6.45, 7) is 3.68. The van der Waals surface area contributed by atoms with Gasteiger partial charge in [0.25, 0.3) is 0 Å². The summed E-state index contributed by atoms with van der Waals surface area (Å²) in [6, 6.07) is 8.81. The number of phenolic OH excluding ortho intramolecular Hbond substituents is 1.